The zero-order valence-electron chi connectivity index (χ0n) is 6.27. The fourth-order valence-corrected chi connectivity index (χ4v) is 2.47. The number of thioether (sulfide) groups is 1. The smallest absolute Gasteiger partial charge is 0.343 e. The van der Waals surface area contributed by atoms with Gasteiger partial charge >= 0.3 is 5.97 Å². The fourth-order valence-electron chi connectivity index (χ4n) is 0.680. The van der Waals surface area contributed by atoms with Crippen LogP contribution in [0.25, 0.3) is 0 Å². The van der Waals surface area contributed by atoms with Gasteiger partial charge in [0.1, 0.15) is 5.56 Å². The summed E-state index contributed by atoms with van der Waals surface area (Å²) in [4.78, 5) is 10.6. The van der Waals surface area contributed by atoms with E-state index in [-0.39, 0.29) is 11.4 Å². The van der Waals surface area contributed by atoms with Gasteiger partial charge in [-0.2, -0.15) is 4.37 Å². The van der Waals surface area contributed by atoms with Crippen molar-refractivity contribution in [3.8, 4) is 5.88 Å². The van der Waals surface area contributed by atoms with Crippen LogP contribution in [0.15, 0.2) is 4.21 Å². The minimum Gasteiger partial charge on any atom is -0.492 e. The average Bonchev–Trinajstić information content (AvgIpc) is 2.32. The molecule has 2 N–H and O–H groups in total. The molecule has 0 aliphatic carbocycles. The number of carboxylic acids is 1. The van der Waals surface area contributed by atoms with Gasteiger partial charge in [-0.15, -0.1) is 11.8 Å². The van der Waals surface area contributed by atoms with Gasteiger partial charge in [-0.05, 0) is 17.3 Å². The van der Waals surface area contributed by atoms with Crippen LogP contribution >= 0.6 is 23.3 Å². The maximum absolute atomic E-state index is 10.6. The van der Waals surface area contributed by atoms with E-state index in [9.17, 15) is 4.79 Å². The van der Waals surface area contributed by atoms with Gasteiger partial charge in [0.2, 0.25) is 5.88 Å². The van der Waals surface area contributed by atoms with E-state index in [1.807, 2.05) is 6.92 Å². The molecule has 0 spiro atoms. The van der Waals surface area contributed by atoms with Crippen LogP contribution in [0.3, 0.4) is 0 Å². The van der Waals surface area contributed by atoms with Crippen molar-refractivity contribution in [2.24, 2.45) is 0 Å². The molecule has 1 heterocycles. The number of carbonyl (C=O) groups is 1. The fraction of sp³-hybridized carbons (Fsp3) is 0.333. The molecule has 12 heavy (non-hydrogen) atoms. The van der Waals surface area contributed by atoms with Crippen molar-refractivity contribution in [3.05, 3.63) is 5.56 Å². The molecule has 1 aromatic rings. The van der Waals surface area contributed by atoms with E-state index < -0.39 is 5.97 Å². The number of aromatic hydroxyl groups is 1. The highest BCUT2D eigenvalue weighted by molar-refractivity contribution is 8.01. The maximum atomic E-state index is 10.6. The van der Waals surface area contributed by atoms with E-state index in [4.69, 9.17) is 10.2 Å². The molecule has 0 saturated carbocycles. The molecule has 0 aliphatic heterocycles. The maximum Gasteiger partial charge on any atom is 0.343 e. The van der Waals surface area contributed by atoms with E-state index in [0.717, 1.165) is 17.3 Å². The predicted octanol–water partition coefficient (Wildman–Crippen LogP) is 1.66. The number of rotatable bonds is 3. The first kappa shape index (κ1) is 9.34. The lowest BCUT2D eigenvalue weighted by Gasteiger charge is -1.93. The third-order valence-electron chi connectivity index (χ3n) is 1.13. The molecule has 0 fully saturated rings. The number of hydrogen-bond acceptors (Lipinski definition) is 5. The third kappa shape index (κ3) is 1.70. The summed E-state index contributed by atoms with van der Waals surface area (Å²) in [5, 5.41) is 17.7. The van der Waals surface area contributed by atoms with E-state index >= 15 is 0 Å². The summed E-state index contributed by atoms with van der Waals surface area (Å²) >= 11 is 2.38. The van der Waals surface area contributed by atoms with Crippen molar-refractivity contribution in [2.45, 2.75) is 11.1 Å². The van der Waals surface area contributed by atoms with Gasteiger partial charge in [0.25, 0.3) is 0 Å². The second-order valence-corrected chi connectivity index (χ2v) is 4.21. The largest absolute Gasteiger partial charge is 0.492 e. The van der Waals surface area contributed by atoms with Crippen LogP contribution < -0.4 is 0 Å². The Balaban J connectivity index is 3.04. The minimum absolute atomic E-state index is 0.0770. The monoisotopic (exact) mass is 205 g/mol. The lowest BCUT2D eigenvalue weighted by Crippen LogP contribution is -1.95. The van der Waals surface area contributed by atoms with Gasteiger partial charge in [0.15, 0.2) is 0 Å². The lowest BCUT2D eigenvalue weighted by atomic mass is 10.4. The molecule has 0 aromatic carbocycles. The summed E-state index contributed by atoms with van der Waals surface area (Å²) in [5.74, 6) is -0.747. The number of aromatic carboxylic acids is 1. The Kier molecular flexibility index (Phi) is 2.93. The Morgan fingerprint density at radius 3 is 2.92 bits per heavy atom. The molecule has 0 unspecified atom stereocenters. The van der Waals surface area contributed by atoms with Crippen molar-refractivity contribution in [3.63, 3.8) is 0 Å². The number of hydrogen-bond donors (Lipinski definition) is 2. The van der Waals surface area contributed by atoms with Crippen LogP contribution in [0.5, 0.6) is 5.88 Å². The Morgan fingerprint density at radius 1 is 1.75 bits per heavy atom. The SMILES string of the molecule is CCSc1snc(O)c1C(=O)O. The van der Waals surface area contributed by atoms with Crippen molar-refractivity contribution in [1.82, 2.24) is 4.37 Å². The van der Waals surface area contributed by atoms with Crippen LogP contribution in [0, 0.1) is 0 Å². The molecule has 0 bridgehead atoms. The van der Waals surface area contributed by atoms with Gasteiger partial charge in [0, 0.05) is 0 Å². The highest BCUT2D eigenvalue weighted by atomic mass is 32.2. The van der Waals surface area contributed by atoms with E-state index in [0.29, 0.717) is 4.21 Å². The van der Waals surface area contributed by atoms with Crippen LogP contribution in [0.4, 0.5) is 0 Å². The Bertz CT molecular complexity index is 297. The summed E-state index contributed by atoms with van der Waals surface area (Å²) in [6.07, 6.45) is 0. The van der Waals surface area contributed by atoms with Gasteiger partial charge in [-0.1, -0.05) is 6.92 Å². The van der Waals surface area contributed by atoms with Gasteiger partial charge < -0.3 is 10.2 Å². The number of carboxylic acid groups (broad SMARTS) is 1. The molecule has 66 valence electrons. The Labute approximate surface area is 77.4 Å². The second-order valence-electron chi connectivity index (χ2n) is 1.91. The van der Waals surface area contributed by atoms with Gasteiger partial charge in [-0.3, -0.25) is 0 Å². The zero-order valence-corrected chi connectivity index (χ0v) is 7.91. The van der Waals surface area contributed by atoms with Crippen LogP contribution in [0.1, 0.15) is 17.3 Å². The van der Waals surface area contributed by atoms with Crippen molar-refractivity contribution in [1.29, 1.82) is 0 Å². The summed E-state index contributed by atoms with van der Waals surface area (Å²) in [7, 11) is 0. The molecule has 6 heteroatoms. The van der Waals surface area contributed by atoms with Crippen molar-refractivity contribution >= 4 is 29.3 Å². The highest BCUT2D eigenvalue weighted by Crippen LogP contribution is 2.32. The minimum atomic E-state index is -1.13. The van der Waals surface area contributed by atoms with Crippen molar-refractivity contribution < 1.29 is 15.0 Å². The molecule has 0 amide bonds. The molecule has 1 rings (SSSR count). The molecule has 0 saturated heterocycles. The highest BCUT2D eigenvalue weighted by Gasteiger charge is 2.19. The van der Waals surface area contributed by atoms with Gasteiger partial charge in [0.05, 0.1) is 4.21 Å². The standard InChI is InChI=1S/C6H7NO3S2/c1-2-11-6-3(5(9)10)4(8)7-12-6/h2H2,1H3,(H,7,8)(H,9,10). The van der Waals surface area contributed by atoms with Crippen LogP contribution in [0.2, 0.25) is 0 Å². The summed E-state index contributed by atoms with van der Waals surface area (Å²) in [6.45, 7) is 1.91. The topological polar surface area (TPSA) is 70.4 Å². The first-order valence-corrected chi connectivity index (χ1v) is 4.97. The lowest BCUT2D eigenvalue weighted by molar-refractivity contribution is 0.0690. The van der Waals surface area contributed by atoms with E-state index in [1.54, 1.807) is 0 Å². The van der Waals surface area contributed by atoms with Crippen LogP contribution in [-0.2, 0) is 0 Å². The molecule has 0 radical (unpaired) electrons. The normalized spacial score (nSPS) is 10.1. The van der Waals surface area contributed by atoms with Crippen LogP contribution in [-0.4, -0.2) is 26.3 Å². The quantitative estimate of drug-likeness (QED) is 0.734. The predicted molar refractivity (Wildman–Crippen MR) is 47.1 cm³/mol. The third-order valence-corrected chi connectivity index (χ3v) is 3.10. The molecular formula is C6H7NO3S2. The first-order valence-electron chi connectivity index (χ1n) is 3.21. The van der Waals surface area contributed by atoms with Crippen molar-refractivity contribution in [2.75, 3.05) is 5.75 Å². The Hall–Kier alpha value is -0.750. The number of nitrogens with zero attached hydrogens (tertiary/aromatic N) is 1. The molecular weight excluding hydrogens is 198 g/mol. The van der Waals surface area contributed by atoms with E-state index in [2.05, 4.69) is 4.37 Å². The second kappa shape index (κ2) is 3.77. The first-order chi connectivity index (χ1) is 5.66. The Morgan fingerprint density at radius 2 is 2.42 bits per heavy atom. The summed E-state index contributed by atoms with van der Waals surface area (Å²) in [6, 6.07) is 0. The molecule has 1 aromatic heterocycles. The molecule has 4 nitrogen and oxygen atoms in total. The van der Waals surface area contributed by atoms with Gasteiger partial charge in [-0.25, -0.2) is 4.79 Å². The van der Waals surface area contributed by atoms with E-state index in [1.165, 1.54) is 11.8 Å². The summed E-state index contributed by atoms with van der Waals surface area (Å²) in [5.41, 5.74) is -0.0770. The summed E-state index contributed by atoms with van der Waals surface area (Å²) < 4.78 is 4.11. The average molecular weight is 205 g/mol. The molecule has 0 atom stereocenters. The number of aromatic nitrogens is 1. The zero-order chi connectivity index (χ0) is 9.14. The molecule has 0 aliphatic rings.